The first kappa shape index (κ1) is 20.5. The molecule has 0 fully saturated rings. The zero-order valence-corrected chi connectivity index (χ0v) is 15.7. The number of benzene rings is 1. The molecule has 0 saturated heterocycles. The van der Waals surface area contributed by atoms with Gasteiger partial charge in [0.15, 0.2) is 17.9 Å². The van der Waals surface area contributed by atoms with Crippen molar-refractivity contribution >= 4 is 12.4 Å². The van der Waals surface area contributed by atoms with Crippen LogP contribution in [0.1, 0.15) is 35.7 Å². The van der Waals surface area contributed by atoms with Gasteiger partial charge in [-0.15, -0.1) is 0 Å². The van der Waals surface area contributed by atoms with Crippen LogP contribution in [-0.4, -0.2) is 48.0 Å². The van der Waals surface area contributed by atoms with Crippen LogP contribution in [0.4, 0.5) is 8.78 Å². The van der Waals surface area contributed by atoms with Crippen molar-refractivity contribution in [3.63, 3.8) is 0 Å². The van der Waals surface area contributed by atoms with E-state index in [-0.39, 0.29) is 23.5 Å². The van der Waals surface area contributed by atoms with Gasteiger partial charge in [0.1, 0.15) is 12.0 Å². The molecule has 1 atom stereocenters. The van der Waals surface area contributed by atoms with Gasteiger partial charge in [-0.25, -0.2) is 18.7 Å². The molecule has 1 aromatic carbocycles. The van der Waals surface area contributed by atoms with Crippen LogP contribution in [0, 0.1) is 5.82 Å². The van der Waals surface area contributed by atoms with Crippen LogP contribution in [0.15, 0.2) is 30.7 Å². The summed E-state index contributed by atoms with van der Waals surface area (Å²) in [7, 11) is 3.23. The summed E-state index contributed by atoms with van der Waals surface area (Å²) in [6.07, 6.45) is 7.12. The van der Waals surface area contributed by atoms with Gasteiger partial charge in [0.25, 0.3) is 0 Å². The second-order valence-electron chi connectivity index (χ2n) is 6.17. The third-order valence-electron chi connectivity index (χ3n) is 4.00. The van der Waals surface area contributed by atoms with E-state index >= 15 is 0 Å². The van der Waals surface area contributed by atoms with E-state index in [4.69, 9.17) is 4.74 Å². The molecule has 144 valence electrons. The van der Waals surface area contributed by atoms with E-state index < -0.39 is 12.0 Å². The monoisotopic (exact) mass is 375 g/mol. The minimum Gasteiger partial charge on any atom is -0.494 e. The van der Waals surface area contributed by atoms with E-state index in [1.807, 2.05) is 6.92 Å². The number of hydrogen-bond acceptors (Lipinski definition) is 5. The van der Waals surface area contributed by atoms with Crippen molar-refractivity contribution in [3.05, 3.63) is 47.7 Å². The van der Waals surface area contributed by atoms with Crippen molar-refractivity contribution in [2.75, 3.05) is 20.7 Å². The van der Waals surface area contributed by atoms with E-state index in [9.17, 15) is 13.6 Å². The molecule has 0 aliphatic heterocycles. The maximum absolute atomic E-state index is 14.4. The van der Waals surface area contributed by atoms with Crippen LogP contribution in [0.2, 0.25) is 0 Å². The molecule has 0 bridgehead atoms. The van der Waals surface area contributed by atoms with Crippen molar-refractivity contribution in [3.8, 4) is 17.1 Å². The van der Waals surface area contributed by atoms with E-state index in [0.29, 0.717) is 24.0 Å². The number of methoxy groups -OCH3 is 1. The largest absolute Gasteiger partial charge is 0.494 e. The minimum absolute atomic E-state index is 0.167. The summed E-state index contributed by atoms with van der Waals surface area (Å²) in [5, 5.41) is 0. The Morgan fingerprint density at radius 1 is 1.26 bits per heavy atom. The summed E-state index contributed by atoms with van der Waals surface area (Å²) in [5.41, 5.74) is 0.859. The average Bonchev–Trinajstić information content (AvgIpc) is 2.67. The van der Waals surface area contributed by atoms with Gasteiger partial charge in [-0.2, -0.15) is 0 Å². The fourth-order valence-electron chi connectivity index (χ4n) is 2.57. The van der Waals surface area contributed by atoms with E-state index in [1.54, 1.807) is 24.2 Å². The maximum Gasteiger partial charge on any atom is 0.162 e. The number of carbonyl (C=O) groups excluding carboxylic acids is 1. The number of hydrogen-bond donors (Lipinski definition) is 0. The quantitative estimate of drug-likeness (QED) is 0.617. The molecule has 1 heterocycles. The predicted octanol–water partition coefficient (Wildman–Crippen LogP) is 4.14. The highest BCUT2D eigenvalue weighted by atomic mass is 19.1. The third-order valence-corrected chi connectivity index (χ3v) is 4.00. The molecule has 0 spiro atoms. The summed E-state index contributed by atoms with van der Waals surface area (Å²) < 4.78 is 33.1. The van der Waals surface area contributed by atoms with Crippen LogP contribution in [0.5, 0.6) is 5.75 Å². The molecule has 1 aromatic heterocycles. The molecular weight excluding hydrogens is 352 g/mol. The van der Waals surface area contributed by atoms with Gasteiger partial charge in [0.05, 0.1) is 25.1 Å². The lowest BCUT2D eigenvalue weighted by atomic mass is 10.0. The van der Waals surface area contributed by atoms with Crippen molar-refractivity contribution in [2.24, 2.45) is 0 Å². The Balaban J connectivity index is 2.29. The number of rotatable bonds is 9. The number of aldehydes is 1. The van der Waals surface area contributed by atoms with Crippen LogP contribution in [-0.2, 0) is 0 Å². The topological polar surface area (TPSA) is 55.3 Å². The number of ether oxygens (including phenoxy) is 1. The lowest BCUT2D eigenvalue weighted by molar-refractivity contribution is 0.112. The van der Waals surface area contributed by atoms with Crippen LogP contribution in [0.3, 0.4) is 0 Å². The molecule has 1 unspecified atom stereocenters. The molecule has 5 nitrogen and oxygen atoms in total. The molecule has 7 heteroatoms. The van der Waals surface area contributed by atoms with Crippen molar-refractivity contribution in [2.45, 2.75) is 25.9 Å². The molecule has 0 aliphatic rings. The van der Waals surface area contributed by atoms with E-state index in [1.165, 1.54) is 25.6 Å². The SMILES string of the molecule is CCCC(F)CN(C)/C=C\c1cc(-c2ncc(OC)cn2)c(F)cc1C=O. The Hall–Kier alpha value is -2.83. The highest BCUT2D eigenvalue weighted by molar-refractivity contribution is 5.84. The molecule has 2 rings (SSSR count). The van der Waals surface area contributed by atoms with Gasteiger partial charge in [-0.1, -0.05) is 13.3 Å². The van der Waals surface area contributed by atoms with Crippen LogP contribution < -0.4 is 4.74 Å². The Morgan fingerprint density at radius 2 is 1.96 bits per heavy atom. The Bertz CT molecular complexity index is 795. The normalized spacial score (nSPS) is 12.2. The number of halogens is 2. The molecule has 0 amide bonds. The standard InChI is InChI=1S/C20H23F2N3O2/c1-4-5-16(21)12-25(2)7-6-14-8-18(19(22)9-15(14)13-26)20-23-10-17(27-3)11-24-20/h6-11,13,16H,4-5,12H2,1-3H3/b7-6-. The van der Waals surface area contributed by atoms with Gasteiger partial charge in [0.2, 0.25) is 0 Å². The number of carbonyl (C=O) groups is 1. The first-order chi connectivity index (χ1) is 13.0. The summed E-state index contributed by atoms with van der Waals surface area (Å²) in [4.78, 5) is 21.2. The number of aromatic nitrogens is 2. The van der Waals surface area contributed by atoms with Gasteiger partial charge >= 0.3 is 0 Å². The summed E-state index contributed by atoms with van der Waals surface area (Å²) >= 11 is 0. The zero-order chi connectivity index (χ0) is 19.8. The molecule has 27 heavy (non-hydrogen) atoms. The highest BCUT2D eigenvalue weighted by Crippen LogP contribution is 2.24. The lowest BCUT2D eigenvalue weighted by Gasteiger charge is -2.17. The second-order valence-corrected chi connectivity index (χ2v) is 6.17. The minimum atomic E-state index is -0.924. The third kappa shape index (κ3) is 5.57. The maximum atomic E-state index is 14.4. The molecule has 0 aliphatic carbocycles. The fraction of sp³-hybridized carbons (Fsp3) is 0.350. The van der Waals surface area contributed by atoms with Crippen LogP contribution >= 0.6 is 0 Å². The van der Waals surface area contributed by atoms with Gasteiger partial charge in [-0.3, -0.25) is 4.79 Å². The molecule has 0 N–H and O–H groups in total. The van der Waals surface area contributed by atoms with Gasteiger partial charge in [-0.05, 0) is 36.4 Å². The van der Waals surface area contributed by atoms with Gasteiger partial charge < -0.3 is 9.64 Å². The van der Waals surface area contributed by atoms with Crippen LogP contribution in [0.25, 0.3) is 17.5 Å². The first-order valence-electron chi connectivity index (χ1n) is 8.66. The number of alkyl halides is 1. The predicted molar refractivity (Wildman–Crippen MR) is 101 cm³/mol. The average molecular weight is 375 g/mol. The van der Waals surface area contributed by atoms with Crippen molar-refractivity contribution in [1.29, 1.82) is 0 Å². The van der Waals surface area contributed by atoms with E-state index in [0.717, 1.165) is 12.5 Å². The lowest BCUT2D eigenvalue weighted by Crippen LogP contribution is -2.21. The highest BCUT2D eigenvalue weighted by Gasteiger charge is 2.13. The zero-order valence-electron chi connectivity index (χ0n) is 15.7. The van der Waals surface area contributed by atoms with Crippen molar-refractivity contribution in [1.82, 2.24) is 14.9 Å². The Kier molecular flexibility index (Phi) is 7.40. The van der Waals surface area contributed by atoms with E-state index in [2.05, 4.69) is 9.97 Å². The summed E-state index contributed by atoms with van der Waals surface area (Å²) in [5.74, 6) is 0.0401. The molecular formula is C20H23F2N3O2. The first-order valence-corrected chi connectivity index (χ1v) is 8.66. The van der Waals surface area contributed by atoms with Gasteiger partial charge in [0, 0.05) is 19.2 Å². The number of nitrogens with zero attached hydrogens (tertiary/aromatic N) is 3. The Morgan fingerprint density at radius 3 is 2.56 bits per heavy atom. The molecule has 0 saturated carbocycles. The molecule has 2 aromatic rings. The van der Waals surface area contributed by atoms with Crippen molar-refractivity contribution < 1.29 is 18.3 Å². The fourth-order valence-corrected chi connectivity index (χ4v) is 2.57. The summed E-state index contributed by atoms with van der Waals surface area (Å²) in [6, 6.07) is 2.65. The Labute approximate surface area is 157 Å². The second kappa shape index (κ2) is 9.75. The smallest absolute Gasteiger partial charge is 0.162 e. The molecule has 0 radical (unpaired) electrons. The summed E-state index contributed by atoms with van der Waals surface area (Å²) in [6.45, 7) is 2.18.